The lowest BCUT2D eigenvalue weighted by Crippen LogP contribution is -2.53. The van der Waals surface area contributed by atoms with Gasteiger partial charge in [0.05, 0.1) is 5.92 Å². The van der Waals surface area contributed by atoms with Gasteiger partial charge >= 0.3 is 6.09 Å². The van der Waals surface area contributed by atoms with Crippen molar-refractivity contribution in [3.05, 3.63) is 36.0 Å². The number of carbonyl (C=O) groups excluding carboxylic acids is 2. The van der Waals surface area contributed by atoms with Crippen molar-refractivity contribution >= 4 is 28.8 Å². The van der Waals surface area contributed by atoms with E-state index >= 15 is 0 Å². The maximum atomic E-state index is 12.9. The van der Waals surface area contributed by atoms with E-state index in [9.17, 15) is 14.4 Å². The Morgan fingerprint density at radius 2 is 1.96 bits per heavy atom. The number of benzene rings is 1. The van der Waals surface area contributed by atoms with E-state index in [-0.39, 0.29) is 11.8 Å². The van der Waals surface area contributed by atoms with Gasteiger partial charge in [0.1, 0.15) is 6.04 Å². The molecule has 5 N–H and O–H groups in total. The third-order valence-corrected chi connectivity index (χ3v) is 5.39. The highest BCUT2D eigenvalue weighted by Gasteiger charge is 2.34. The fraction of sp³-hybridized carbons (Fsp3) is 0.450. The minimum absolute atomic E-state index is 0.280. The van der Waals surface area contributed by atoms with Crippen LogP contribution in [0.2, 0.25) is 0 Å². The summed E-state index contributed by atoms with van der Waals surface area (Å²) in [6, 6.07) is 6.62. The Morgan fingerprint density at radius 1 is 1.21 bits per heavy atom. The molecule has 1 aliphatic carbocycles. The van der Waals surface area contributed by atoms with E-state index in [2.05, 4.69) is 20.9 Å². The van der Waals surface area contributed by atoms with Crippen LogP contribution >= 0.6 is 0 Å². The highest BCUT2D eigenvalue weighted by Crippen LogP contribution is 2.25. The average molecular weight is 386 g/mol. The van der Waals surface area contributed by atoms with Gasteiger partial charge < -0.3 is 26.0 Å². The molecule has 8 heteroatoms. The van der Waals surface area contributed by atoms with Crippen molar-refractivity contribution in [3.8, 4) is 0 Å². The molecule has 1 fully saturated rings. The Hall–Kier alpha value is -3.03. The van der Waals surface area contributed by atoms with Crippen LogP contribution in [-0.4, -0.2) is 47.1 Å². The molecule has 0 saturated heterocycles. The third kappa shape index (κ3) is 4.44. The fourth-order valence-corrected chi connectivity index (χ4v) is 3.96. The van der Waals surface area contributed by atoms with Gasteiger partial charge in [-0.15, -0.1) is 0 Å². The van der Waals surface area contributed by atoms with Gasteiger partial charge in [-0.05, 0) is 24.5 Å². The molecule has 0 spiro atoms. The predicted molar refractivity (Wildman–Crippen MR) is 105 cm³/mol. The van der Waals surface area contributed by atoms with Crippen molar-refractivity contribution in [3.63, 3.8) is 0 Å². The average Bonchev–Trinajstić information content (AvgIpc) is 3.09. The van der Waals surface area contributed by atoms with E-state index in [1.54, 1.807) is 0 Å². The molecule has 1 aromatic heterocycles. The number of amides is 3. The predicted octanol–water partition coefficient (Wildman–Crippen LogP) is 1.77. The summed E-state index contributed by atoms with van der Waals surface area (Å²) in [6.07, 6.45) is 4.03. The third-order valence-electron chi connectivity index (χ3n) is 5.39. The van der Waals surface area contributed by atoms with E-state index in [0.717, 1.165) is 29.3 Å². The summed E-state index contributed by atoms with van der Waals surface area (Å²) >= 11 is 0. The van der Waals surface area contributed by atoms with Gasteiger partial charge in [-0.2, -0.15) is 0 Å². The number of para-hydroxylation sites is 1. The first-order valence-electron chi connectivity index (χ1n) is 9.56. The van der Waals surface area contributed by atoms with Gasteiger partial charge in [0.25, 0.3) is 0 Å². The molecule has 0 radical (unpaired) electrons. The van der Waals surface area contributed by atoms with Crippen LogP contribution in [0, 0.1) is 5.92 Å². The molecule has 3 atom stereocenters. The molecule has 1 aromatic carbocycles. The summed E-state index contributed by atoms with van der Waals surface area (Å²) in [5.41, 5.74) is 1.91. The first kappa shape index (κ1) is 19.7. The SMILES string of the molecule is CNC(=O)[C@H](Cc1c[nH]c2ccccc12)NC(=O)[C@@H]1CCCC[C@H]1NC(=O)O. The maximum absolute atomic E-state index is 12.9. The number of carboxylic acid groups (broad SMARTS) is 1. The Balaban J connectivity index is 1.75. The monoisotopic (exact) mass is 386 g/mol. The van der Waals surface area contributed by atoms with Gasteiger partial charge in [-0.3, -0.25) is 9.59 Å². The lowest BCUT2D eigenvalue weighted by atomic mass is 9.83. The van der Waals surface area contributed by atoms with Gasteiger partial charge in [-0.1, -0.05) is 31.0 Å². The number of likely N-dealkylation sites (N-methyl/N-ethyl adjacent to an activating group) is 1. The molecule has 2 aromatic rings. The van der Waals surface area contributed by atoms with Crippen LogP contribution in [0.15, 0.2) is 30.5 Å². The van der Waals surface area contributed by atoms with E-state index in [4.69, 9.17) is 5.11 Å². The number of aromatic nitrogens is 1. The summed E-state index contributed by atoms with van der Waals surface area (Å²) in [6.45, 7) is 0. The number of rotatable bonds is 6. The summed E-state index contributed by atoms with van der Waals surface area (Å²) < 4.78 is 0. The number of hydrogen-bond acceptors (Lipinski definition) is 3. The second-order valence-electron chi connectivity index (χ2n) is 7.19. The molecular weight excluding hydrogens is 360 g/mol. The fourth-order valence-electron chi connectivity index (χ4n) is 3.96. The van der Waals surface area contributed by atoms with Gasteiger partial charge in [-0.25, -0.2) is 4.79 Å². The molecule has 1 heterocycles. The lowest BCUT2D eigenvalue weighted by Gasteiger charge is -2.31. The van der Waals surface area contributed by atoms with Crippen LogP contribution in [0.5, 0.6) is 0 Å². The summed E-state index contributed by atoms with van der Waals surface area (Å²) in [4.78, 5) is 39.5. The summed E-state index contributed by atoms with van der Waals surface area (Å²) in [7, 11) is 1.53. The van der Waals surface area contributed by atoms with E-state index in [0.29, 0.717) is 19.3 Å². The zero-order valence-corrected chi connectivity index (χ0v) is 15.8. The first-order chi connectivity index (χ1) is 13.5. The number of H-pyrrole nitrogens is 1. The Morgan fingerprint density at radius 3 is 2.71 bits per heavy atom. The summed E-state index contributed by atoms with van der Waals surface area (Å²) in [5.74, 6) is -1.04. The molecule has 28 heavy (non-hydrogen) atoms. The van der Waals surface area contributed by atoms with Gasteiger partial charge in [0.15, 0.2) is 0 Å². The van der Waals surface area contributed by atoms with Gasteiger partial charge in [0.2, 0.25) is 11.8 Å². The first-order valence-corrected chi connectivity index (χ1v) is 9.56. The second kappa shape index (κ2) is 8.77. The van der Waals surface area contributed by atoms with Crippen LogP contribution in [0.25, 0.3) is 10.9 Å². The maximum Gasteiger partial charge on any atom is 0.404 e. The number of nitrogens with one attached hydrogen (secondary N) is 4. The van der Waals surface area contributed by atoms with Crippen molar-refractivity contribution in [1.82, 2.24) is 20.9 Å². The molecule has 150 valence electrons. The minimum Gasteiger partial charge on any atom is -0.465 e. The molecule has 0 aliphatic heterocycles. The van der Waals surface area contributed by atoms with Crippen LogP contribution in [0.4, 0.5) is 4.79 Å². The van der Waals surface area contributed by atoms with Gasteiger partial charge in [0, 0.05) is 36.6 Å². The van der Waals surface area contributed by atoms with E-state index in [1.807, 2.05) is 30.5 Å². The molecule has 0 unspecified atom stereocenters. The molecular formula is C20H26N4O4. The number of aromatic amines is 1. The molecule has 3 rings (SSSR count). The topological polar surface area (TPSA) is 123 Å². The molecule has 1 saturated carbocycles. The van der Waals surface area contributed by atoms with E-state index < -0.39 is 24.1 Å². The Labute approximate surface area is 163 Å². The molecule has 8 nitrogen and oxygen atoms in total. The Kier molecular flexibility index (Phi) is 6.18. The van der Waals surface area contributed by atoms with Crippen molar-refractivity contribution in [2.75, 3.05) is 7.05 Å². The minimum atomic E-state index is -1.13. The quantitative estimate of drug-likeness (QED) is 0.519. The largest absolute Gasteiger partial charge is 0.465 e. The lowest BCUT2D eigenvalue weighted by molar-refractivity contribution is -0.132. The smallest absolute Gasteiger partial charge is 0.404 e. The van der Waals surface area contributed by atoms with Crippen LogP contribution < -0.4 is 16.0 Å². The summed E-state index contributed by atoms with van der Waals surface area (Å²) in [5, 5.41) is 17.9. The zero-order chi connectivity index (χ0) is 20.1. The second-order valence-corrected chi connectivity index (χ2v) is 7.19. The standard InChI is InChI=1S/C20H26N4O4/c1-21-19(26)17(10-12-11-22-15-8-4-2-6-13(12)15)23-18(25)14-7-3-5-9-16(14)24-20(27)28/h2,4,6,8,11,14,16-17,22,24H,3,5,7,9-10H2,1H3,(H,21,26)(H,23,25)(H,27,28)/t14-,16-,17+/m1/s1. The van der Waals surface area contributed by atoms with Crippen molar-refractivity contribution in [2.24, 2.45) is 5.92 Å². The van der Waals surface area contributed by atoms with Crippen LogP contribution in [0.3, 0.4) is 0 Å². The number of fused-ring (bicyclic) bond motifs is 1. The Bertz CT molecular complexity index is 863. The number of carbonyl (C=O) groups is 3. The van der Waals surface area contributed by atoms with Crippen molar-refractivity contribution < 1.29 is 19.5 Å². The zero-order valence-electron chi connectivity index (χ0n) is 15.8. The van der Waals surface area contributed by atoms with Crippen molar-refractivity contribution in [1.29, 1.82) is 0 Å². The highest BCUT2D eigenvalue weighted by atomic mass is 16.4. The number of hydrogen-bond donors (Lipinski definition) is 5. The van der Waals surface area contributed by atoms with E-state index in [1.165, 1.54) is 7.05 Å². The molecule has 1 aliphatic rings. The van der Waals surface area contributed by atoms with Crippen LogP contribution in [0.1, 0.15) is 31.2 Å². The van der Waals surface area contributed by atoms with Crippen molar-refractivity contribution in [2.45, 2.75) is 44.2 Å². The molecule has 0 bridgehead atoms. The normalized spacial score (nSPS) is 20.3. The molecule has 3 amide bonds. The highest BCUT2D eigenvalue weighted by molar-refractivity contribution is 5.90. The van der Waals surface area contributed by atoms with Crippen LogP contribution in [-0.2, 0) is 16.0 Å².